The quantitative estimate of drug-likeness (QED) is 0.401. The molecule has 0 aliphatic heterocycles. The van der Waals surface area contributed by atoms with Crippen molar-refractivity contribution in [2.75, 3.05) is 0 Å². The molecule has 0 N–H and O–H groups in total. The van der Waals surface area contributed by atoms with Crippen molar-refractivity contribution in [3.8, 4) is 11.4 Å². The van der Waals surface area contributed by atoms with E-state index in [1.807, 2.05) is 0 Å². The lowest BCUT2D eigenvalue weighted by molar-refractivity contribution is 0.563. The molecule has 6 heteroatoms. The van der Waals surface area contributed by atoms with Crippen LogP contribution in [0.25, 0.3) is 11.4 Å². The maximum atomic E-state index is 13.6. The van der Waals surface area contributed by atoms with E-state index < -0.39 is 0 Å². The van der Waals surface area contributed by atoms with E-state index in [0.717, 1.165) is 9.26 Å². The first-order chi connectivity index (χ1) is 9.20. The SMILES string of the molecule is CC(C)(C)c1nc(-c2ccc(Br)c(F)c2)nc(Cl)c1I. The molecule has 0 aliphatic carbocycles. The molecule has 0 radical (unpaired) electrons. The molecule has 0 amide bonds. The number of benzene rings is 1. The molecule has 0 unspecified atom stereocenters. The fourth-order valence-electron chi connectivity index (χ4n) is 1.68. The number of hydrogen-bond donors (Lipinski definition) is 0. The molecule has 0 atom stereocenters. The molecule has 0 aliphatic rings. The fourth-order valence-corrected chi connectivity index (χ4v) is 3.15. The molecule has 2 rings (SSSR count). The van der Waals surface area contributed by atoms with E-state index in [1.165, 1.54) is 6.07 Å². The van der Waals surface area contributed by atoms with Gasteiger partial charge in [0.25, 0.3) is 0 Å². The van der Waals surface area contributed by atoms with Crippen LogP contribution in [-0.4, -0.2) is 9.97 Å². The molecule has 106 valence electrons. The summed E-state index contributed by atoms with van der Waals surface area (Å²) in [6, 6.07) is 4.80. The van der Waals surface area contributed by atoms with Crippen LogP contribution in [0, 0.1) is 9.39 Å². The van der Waals surface area contributed by atoms with Crippen LogP contribution in [-0.2, 0) is 5.41 Å². The Hall–Kier alpha value is -0.270. The van der Waals surface area contributed by atoms with Gasteiger partial charge in [-0.2, -0.15) is 0 Å². The normalized spacial score (nSPS) is 11.8. The Labute approximate surface area is 144 Å². The minimum absolute atomic E-state index is 0.161. The van der Waals surface area contributed by atoms with E-state index in [4.69, 9.17) is 11.6 Å². The standard InChI is InChI=1S/C14H12BrClFIN2/c1-14(2,3)11-10(18)12(16)20-13(19-11)7-4-5-8(15)9(17)6-7/h4-6H,1-3H3. The van der Waals surface area contributed by atoms with Crippen molar-refractivity contribution in [3.63, 3.8) is 0 Å². The van der Waals surface area contributed by atoms with Gasteiger partial charge in [0.2, 0.25) is 0 Å². The molecular formula is C14H12BrClFIN2. The van der Waals surface area contributed by atoms with E-state index in [9.17, 15) is 4.39 Å². The van der Waals surface area contributed by atoms with Crippen molar-refractivity contribution in [2.45, 2.75) is 26.2 Å². The van der Waals surface area contributed by atoms with Gasteiger partial charge in [-0.1, -0.05) is 32.4 Å². The Bertz CT molecular complexity index is 671. The summed E-state index contributed by atoms with van der Waals surface area (Å²) >= 11 is 11.5. The second-order valence-corrected chi connectivity index (χ2v) is 7.67. The fraction of sp³-hybridized carbons (Fsp3) is 0.286. The van der Waals surface area contributed by atoms with Gasteiger partial charge in [0, 0.05) is 11.0 Å². The summed E-state index contributed by atoms with van der Waals surface area (Å²) in [4.78, 5) is 8.81. The minimum atomic E-state index is -0.349. The molecule has 0 spiro atoms. The highest BCUT2D eigenvalue weighted by Gasteiger charge is 2.23. The number of hydrogen-bond acceptors (Lipinski definition) is 2. The predicted octanol–water partition coefficient (Wildman–Crippen LogP) is 5.60. The zero-order valence-corrected chi connectivity index (χ0v) is 15.6. The third-order valence-corrected chi connectivity index (χ3v) is 4.96. The van der Waals surface area contributed by atoms with E-state index >= 15 is 0 Å². The third kappa shape index (κ3) is 3.31. The van der Waals surface area contributed by atoms with E-state index in [1.54, 1.807) is 12.1 Å². The van der Waals surface area contributed by atoms with Gasteiger partial charge in [-0.05, 0) is 56.7 Å². The van der Waals surface area contributed by atoms with E-state index in [-0.39, 0.29) is 11.2 Å². The highest BCUT2D eigenvalue weighted by atomic mass is 127. The highest BCUT2D eigenvalue weighted by Crippen LogP contribution is 2.32. The third-order valence-electron chi connectivity index (χ3n) is 2.70. The molecule has 20 heavy (non-hydrogen) atoms. The summed E-state index contributed by atoms with van der Waals surface area (Å²) in [5, 5.41) is 0.392. The molecule has 2 nitrogen and oxygen atoms in total. The Kier molecular flexibility index (Phi) is 4.71. The van der Waals surface area contributed by atoms with Crippen molar-refractivity contribution in [1.82, 2.24) is 9.97 Å². The van der Waals surface area contributed by atoms with E-state index in [2.05, 4.69) is 69.3 Å². The second-order valence-electron chi connectivity index (χ2n) is 5.38. The van der Waals surface area contributed by atoms with Gasteiger partial charge in [0.15, 0.2) is 5.82 Å². The molecule has 1 aromatic carbocycles. The Balaban J connectivity index is 2.63. The predicted molar refractivity (Wildman–Crippen MR) is 91.6 cm³/mol. The van der Waals surface area contributed by atoms with Crippen LogP contribution in [0.3, 0.4) is 0 Å². The summed E-state index contributed by atoms with van der Waals surface area (Å²) in [6.07, 6.45) is 0. The summed E-state index contributed by atoms with van der Waals surface area (Å²) < 4.78 is 14.9. The van der Waals surface area contributed by atoms with Crippen molar-refractivity contribution >= 4 is 50.1 Å². The van der Waals surface area contributed by atoms with Crippen LogP contribution in [0.4, 0.5) is 4.39 Å². The first-order valence-electron chi connectivity index (χ1n) is 5.89. The molecule has 1 heterocycles. The largest absolute Gasteiger partial charge is 0.231 e. The maximum absolute atomic E-state index is 13.6. The summed E-state index contributed by atoms with van der Waals surface area (Å²) in [7, 11) is 0. The molecule has 0 saturated heterocycles. The first-order valence-corrected chi connectivity index (χ1v) is 8.14. The maximum Gasteiger partial charge on any atom is 0.161 e. The van der Waals surface area contributed by atoms with Crippen LogP contribution in [0.2, 0.25) is 5.15 Å². The Morgan fingerprint density at radius 2 is 1.90 bits per heavy atom. The summed E-state index contributed by atoms with van der Waals surface area (Å²) in [5.74, 6) is 0.0878. The number of halogens is 4. The van der Waals surface area contributed by atoms with Crippen LogP contribution in [0.15, 0.2) is 22.7 Å². The van der Waals surface area contributed by atoms with Crippen molar-refractivity contribution in [3.05, 3.63) is 42.9 Å². The molecule has 2 aromatic rings. The van der Waals surface area contributed by atoms with Crippen molar-refractivity contribution in [1.29, 1.82) is 0 Å². The van der Waals surface area contributed by atoms with Gasteiger partial charge in [-0.3, -0.25) is 0 Å². The number of rotatable bonds is 1. The molecule has 0 fully saturated rings. The lowest BCUT2D eigenvalue weighted by Gasteiger charge is -2.20. The lowest BCUT2D eigenvalue weighted by atomic mass is 9.92. The van der Waals surface area contributed by atoms with Crippen LogP contribution in [0.1, 0.15) is 26.5 Å². The van der Waals surface area contributed by atoms with Gasteiger partial charge in [0.05, 0.1) is 13.7 Å². The molecular weight excluding hydrogens is 457 g/mol. The van der Waals surface area contributed by atoms with Crippen molar-refractivity contribution < 1.29 is 4.39 Å². The molecule has 0 bridgehead atoms. The zero-order valence-electron chi connectivity index (χ0n) is 11.1. The highest BCUT2D eigenvalue weighted by molar-refractivity contribution is 14.1. The second kappa shape index (κ2) is 5.85. The van der Waals surface area contributed by atoms with Gasteiger partial charge >= 0.3 is 0 Å². The zero-order chi connectivity index (χ0) is 15.1. The molecule has 0 saturated carbocycles. The minimum Gasteiger partial charge on any atom is -0.231 e. The first kappa shape index (κ1) is 16.1. The Morgan fingerprint density at radius 1 is 1.25 bits per heavy atom. The number of nitrogens with zero attached hydrogens (tertiary/aromatic N) is 2. The van der Waals surface area contributed by atoms with Gasteiger partial charge < -0.3 is 0 Å². The van der Waals surface area contributed by atoms with Gasteiger partial charge in [-0.25, -0.2) is 14.4 Å². The van der Waals surface area contributed by atoms with Crippen LogP contribution < -0.4 is 0 Å². The summed E-state index contributed by atoms with van der Waals surface area (Å²) in [5.41, 5.74) is 1.30. The topological polar surface area (TPSA) is 25.8 Å². The average molecular weight is 470 g/mol. The monoisotopic (exact) mass is 468 g/mol. The van der Waals surface area contributed by atoms with Gasteiger partial charge in [-0.15, -0.1) is 0 Å². The van der Waals surface area contributed by atoms with Crippen molar-refractivity contribution in [2.24, 2.45) is 0 Å². The lowest BCUT2D eigenvalue weighted by Crippen LogP contribution is -2.17. The van der Waals surface area contributed by atoms with E-state index in [0.29, 0.717) is 21.0 Å². The summed E-state index contributed by atoms with van der Waals surface area (Å²) in [6.45, 7) is 6.17. The Morgan fingerprint density at radius 3 is 2.45 bits per heavy atom. The smallest absolute Gasteiger partial charge is 0.161 e. The van der Waals surface area contributed by atoms with Crippen LogP contribution >= 0.6 is 50.1 Å². The average Bonchev–Trinajstić information content (AvgIpc) is 2.34. The number of aromatic nitrogens is 2. The molecule has 1 aromatic heterocycles. The van der Waals surface area contributed by atoms with Gasteiger partial charge in [0.1, 0.15) is 11.0 Å². The van der Waals surface area contributed by atoms with Crippen LogP contribution in [0.5, 0.6) is 0 Å².